The molecule has 0 spiro atoms. The zero-order valence-corrected chi connectivity index (χ0v) is 25.4. The molecule has 4 heteroatoms. The third-order valence-electron chi connectivity index (χ3n) is 8.91. The van der Waals surface area contributed by atoms with Crippen molar-refractivity contribution in [2.24, 2.45) is 17.3 Å². The molecule has 0 radical (unpaired) electrons. The summed E-state index contributed by atoms with van der Waals surface area (Å²) in [7, 11) is 0. The number of rotatable bonds is 17. The first kappa shape index (κ1) is 31.9. The molecular weight excluding hydrogens is 492 g/mol. The van der Waals surface area contributed by atoms with Crippen molar-refractivity contribution in [1.29, 1.82) is 5.26 Å². The maximum absolute atomic E-state index is 12.5. The van der Waals surface area contributed by atoms with Gasteiger partial charge in [-0.25, -0.2) is 4.79 Å². The minimum atomic E-state index is -1.11. The van der Waals surface area contributed by atoms with E-state index in [2.05, 4.69) is 25.1 Å². The van der Waals surface area contributed by atoms with Crippen molar-refractivity contribution in [2.75, 3.05) is 0 Å². The van der Waals surface area contributed by atoms with Crippen molar-refractivity contribution in [3.05, 3.63) is 48.2 Å². The third kappa shape index (κ3) is 10.4. The Morgan fingerprint density at radius 1 is 0.875 bits per heavy atom. The van der Waals surface area contributed by atoms with Gasteiger partial charge in [-0.2, -0.15) is 5.26 Å². The fourth-order valence-electron chi connectivity index (χ4n) is 6.11. The molecule has 1 aromatic carbocycles. The van der Waals surface area contributed by atoms with Crippen molar-refractivity contribution in [2.45, 2.75) is 130 Å². The van der Waals surface area contributed by atoms with Gasteiger partial charge in [-0.1, -0.05) is 110 Å². The molecule has 1 aromatic heterocycles. The number of nitriles is 1. The van der Waals surface area contributed by atoms with Crippen LogP contribution in [0.15, 0.2) is 42.6 Å². The standard InChI is InChI=1S/C36H52N2O2/c1-4-6-7-8-9-10-11-12-13-29-14-16-30(17-15-29)18-19-31-20-25-34(38-27-31)32-21-23-33(24-22-32)40-35(39)36(3,28-37)26-5-2/h20-25,27,29-30H,4-19,26H2,1-3H3. The summed E-state index contributed by atoms with van der Waals surface area (Å²) in [6, 6.07) is 13.8. The number of carbonyl (C=O) groups excluding carboxylic acids is 1. The molecule has 218 valence electrons. The largest absolute Gasteiger partial charge is 0.425 e. The molecule has 1 aliphatic carbocycles. The van der Waals surface area contributed by atoms with Crippen LogP contribution in [0, 0.1) is 28.6 Å². The van der Waals surface area contributed by atoms with Gasteiger partial charge in [-0.3, -0.25) is 4.98 Å². The molecule has 0 aliphatic heterocycles. The molecule has 1 heterocycles. The van der Waals surface area contributed by atoms with E-state index in [1.165, 1.54) is 95.5 Å². The Labute approximate surface area is 243 Å². The van der Waals surface area contributed by atoms with Crippen molar-refractivity contribution in [1.82, 2.24) is 4.98 Å². The number of unbranched alkanes of at least 4 members (excludes halogenated alkanes) is 7. The van der Waals surface area contributed by atoms with E-state index in [1.807, 2.05) is 25.3 Å². The fraction of sp³-hybridized carbons (Fsp3) is 0.639. The molecule has 4 nitrogen and oxygen atoms in total. The van der Waals surface area contributed by atoms with Gasteiger partial charge >= 0.3 is 5.97 Å². The summed E-state index contributed by atoms with van der Waals surface area (Å²) in [5.41, 5.74) is 2.09. The summed E-state index contributed by atoms with van der Waals surface area (Å²) in [6.07, 6.45) is 24.1. The maximum Gasteiger partial charge on any atom is 0.331 e. The molecule has 3 rings (SSSR count). The Morgan fingerprint density at radius 2 is 1.50 bits per heavy atom. The lowest BCUT2D eigenvalue weighted by Crippen LogP contribution is -2.30. The van der Waals surface area contributed by atoms with Gasteiger partial charge < -0.3 is 4.74 Å². The second-order valence-electron chi connectivity index (χ2n) is 12.3. The van der Waals surface area contributed by atoms with Gasteiger partial charge in [0.2, 0.25) is 0 Å². The lowest BCUT2D eigenvalue weighted by atomic mass is 9.78. The number of aryl methyl sites for hydroxylation is 1. The molecular formula is C36H52N2O2. The normalized spacial score (nSPS) is 18.6. The van der Waals surface area contributed by atoms with Gasteiger partial charge in [-0.05, 0) is 73.9 Å². The Bertz CT molecular complexity index is 1030. The van der Waals surface area contributed by atoms with Crippen LogP contribution >= 0.6 is 0 Å². The predicted octanol–water partition coefficient (Wildman–Crippen LogP) is 10.3. The quantitative estimate of drug-likeness (QED) is 0.113. The molecule has 1 fully saturated rings. The molecule has 0 amide bonds. The highest BCUT2D eigenvalue weighted by atomic mass is 16.5. The number of esters is 1. The number of carbonyl (C=O) groups is 1. The van der Waals surface area contributed by atoms with Crippen LogP contribution in [-0.2, 0) is 11.2 Å². The summed E-state index contributed by atoms with van der Waals surface area (Å²) in [4.78, 5) is 17.2. The second-order valence-corrected chi connectivity index (χ2v) is 12.3. The summed E-state index contributed by atoms with van der Waals surface area (Å²) in [5.74, 6) is 1.80. The lowest BCUT2D eigenvalue weighted by molar-refractivity contribution is -0.142. The van der Waals surface area contributed by atoms with Crippen LogP contribution in [0.2, 0.25) is 0 Å². The average molecular weight is 545 g/mol. The number of ether oxygens (including phenoxy) is 1. The smallest absolute Gasteiger partial charge is 0.331 e. The van der Waals surface area contributed by atoms with Crippen LogP contribution in [-0.4, -0.2) is 11.0 Å². The molecule has 0 bridgehead atoms. The highest BCUT2D eigenvalue weighted by Crippen LogP contribution is 2.34. The van der Waals surface area contributed by atoms with E-state index in [1.54, 1.807) is 19.1 Å². The zero-order valence-electron chi connectivity index (χ0n) is 25.4. The maximum atomic E-state index is 12.5. The Morgan fingerprint density at radius 3 is 2.08 bits per heavy atom. The molecule has 0 N–H and O–H groups in total. The van der Waals surface area contributed by atoms with Crippen LogP contribution in [0.25, 0.3) is 11.3 Å². The van der Waals surface area contributed by atoms with Crippen LogP contribution in [0.5, 0.6) is 5.75 Å². The van der Waals surface area contributed by atoms with Gasteiger partial charge in [0, 0.05) is 11.8 Å². The van der Waals surface area contributed by atoms with Crippen LogP contribution in [0.4, 0.5) is 0 Å². The monoisotopic (exact) mass is 544 g/mol. The second kappa shape index (κ2) is 17.2. The van der Waals surface area contributed by atoms with Gasteiger partial charge in [0.25, 0.3) is 0 Å². The van der Waals surface area contributed by atoms with E-state index >= 15 is 0 Å². The molecule has 1 atom stereocenters. The van der Waals surface area contributed by atoms with E-state index < -0.39 is 11.4 Å². The van der Waals surface area contributed by atoms with Gasteiger partial charge in [0.15, 0.2) is 5.41 Å². The number of hydrogen-bond acceptors (Lipinski definition) is 4. The summed E-state index contributed by atoms with van der Waals surface area (Å²) < 4.78 is 5.49. The van der Waals surface area contributed by atoms with Gasteiger partial charge in [0.1, 0.15) is 5.75 Å². The van der Waals surface area contributed by atoms with E-state index in [0.29, 0.717) is 12.2 Å². The van der Waals surface area contributed by atoms with E-state index in [0.717, 1.165) is 35.9 Å². The number of pyridine rings is 1. The van der Waals surface area contributed by atoms with Crippen LogP contribution < -0.4 is 4.74 Å². The minimum Gasteiger partial charge on any atom is -0.425 e. The van der Waals surface area contributed by atoms with Crippen molar-refractivity contribution in [3.8, 4) is 23.1 Å². The molecule has 1 saturated carbocycles. The van der Waals surface area contributed by atoms with Crippen molar-refractivity contribution >= 4 is 5.97 Å². The molecule has 40 heavy (non-hydrogen) atoms. The minimum absolute atomic E-state index is 0.454. The Hall–Kier alpha value is -2.67. The predicted molar refractivity (Wildman–Crippen MR) is 165 cm³/mol. The highest BCUT2D eigenvalue weighted by molar-refractivity contribution is 5.81. The van der Waals surface area contributed by atoms with Crippen LogP contribution in [0.3, 0.4) is 0 Å². The summed E-state index contributed by atoms with van der Waals surface area (Å²) in [6.45, 7) is 5.89. The first-order chi connectivity index (χ1) is 19.5. The van der Waals surface area contributed by atoms with E-state index in [4.69, 9.17) is 9.72 Å². The molecule has 1 unspecified atom stereocenters. The van der Waals surface area contributed by atoms with Crippen LogP contribution in [0.1, 0.15) is 129 Å². The Kier molecular flexibility index (Phi) is 13.7. The summed E-state index contributed by atoms with van der Waals surface area (Å²) >= 11 is 0. The molecule has 0 saturated heterocycles. The number of hydrogen-bond donors (Lipinski definition) is 0. The zero-order chi connectivity index (χ0) is 28.6. The van der Waals surface area contributed by atoms with E-state index in [-0.39, 0.29) is 0 Å². The number of benzene rings is 1. The summed E-state index contributed by atoms with van der Waals surface area (Å²) in [5, 5.41) is 9.41. The SMILES string of the molecule is CCCCCCCCCCC1CCC(CCc2ccc(-c3ccc(OC(=O)C(C)(C#N)CCC)cc3)nc2)CC1. The highest BCUT2D eigenvalue weighted by Gasteiger charge is 2.34. The van der Waals surface area contributed by atoms with E-state index in [9.17, 15) is 10.1 Å². The first-order valence-corrected chi connectivity index (χ1v) is 16.2. The topological polar surface area (TPSA) is 63.0 Å². The number of aromatic nitrogens is 1. The molecule has 1 aliphatic rings. The van der Waals surface area contributed by atoms with Crippen molar-refractivity contribution in [3.63, 3.8) is 0 Å². The molecule has 2 aromatic rings. The fourth-order valence-corrected chi connectivity index (χ4v) is 6.11. The third-order valence-corrected chi connectivity index (χ3v) is 8.91. The van der Waals surface area contributed by atoms with Gasteiger partial charge in [-0.15, -0.1) is 0 Å². The number of nitrogens with zero attached hydrogens (tertiary/aromatic N) is 2. The van der Waals surface area contributed by atoms with Gasteiger partial charge in [0.05, 0.1) is 11.8 Å². The first-order valence-electron chi connectivity index (χ1n) is 16.2. The van der Waals surface area contributed by atoms with Crippen molar-refractivity contribution < 1.29 is 9.53 Å². The Balaban J connectivity index is 1.35. The lowest BCUT2D eigenvalue weighted by Gasteiger charge is -2.28. The average Bonchev–Trinajstić information content (AvgIpc) is 2.99.